The molecule has 2 aromatic heterocycles. The monoisotopic (exact) mass is 273 g/mol. The van der Waals surface area contributed by atoms with E-state index in [0.717, 1.165) is 17.4 Å². The Bertz CT molecular complexity index is 580. The lowest BCUT2D eigenvalue weighted by Crippen LogP contribution is -2.42. The zero-order chi connectivity index (χ0) is 12.7. The van der Waals surface area contributed by atoms with Crippen molar-refractivity contribution in [3.05, 3.63) is 17.8 Å². The van der Waals surface area contributed by atoms with Gasteiger partial charge in [0.05, 0.1) is 10.2 Å². The number of hydrogen-bond donors (Lipinski definition) is 0. The third-order valence-electron chi connectivity index (χ3n) is 4.82. The molecular weight excluding hydrogens is 254 g/mol. The van der Waals surface area contributed by atoms with Gasteiger partial charge < -0.3 is 4.90 Å². The lowest BCUT2D eigenvalue weighted by atomic mass is 9.75. The number of nitrogens with zero attached hydrogens (tertiary/aromatic N) is 3. The van der Waals surface area contributed by atoms with Crippen molar-refractivity contribution in [2.24, 2.45) is 11.8 Å². The number of anilines is 1. The molecule has 2 atom stereocenters. The Hall–Kier alpha value is -1.16. The van der Waals surface area contributed by atoms with Gasteiger partial charge in [-0.1, -0.05) is 19.3 Å². The fourth-order valence-electron chi connectivity index (χ4n) is 3.79. The van der Waals surface area contributed by atoms with Gasteiger partial charge in [-0.3, -0.25) is 0 Å². The van der Waals surface area contributed by atoms with Crippen LogP contribution in [0.15, 0.2) is 17.8 Å². The molecule has 0 bridgehead atoms. The molecule has 0 N–H and O–H groups in total. The maximum absolute atomic E-state index is 4.57. The zero-order valence-electron chi connectivity index (χ0n) is 11.1. The molecule has 1 saturated carbocycles. The molecule has 1 aliphatic carbocycles. The van der Waals surface area contributed by atoms with Gasteiger partial charge in [0.1, 0.15) is 12.1 Å². The van der Waals surface area contributed by atoms with Crippen LogP contribution in [-0.2, 0) is 0 Å². The van der Waals surface area contributed by atoms with Crippen LogP contribution in [-0.4, -0.2) is 23.1 Å². The van der Waals surface area contributed by atoms with Gasteiger partial charge in [-0.05, 0) is 36.1 Å². The summed E-state index contributed by atoms with van der Waals surface area (Å²) in [7, 11) is 0. The van der Waals surface area contributed by atoms with E-state index in [1.807, 2.05) is 0 Å². The molecule has 1 saturated heterocycles. The molecule has 4 rings (SSSR count). The molecule has 0 spiro atoms. The quantitative estimate of drug-likeness (QED) is 0.793. The first-order valence-electron chi connectivity index (χ1n) is 7.35. The Morgan fingerprint density at radius 2 is 2.00 bits per heavy atom. The van der Waals surface area contributed by atoms with Crippen LogP contribution >= 0.6 is 11.3 Å². The van der Waals surface area contributed by atoms with E-state index in [4.69, 9.17) is 0 Å². The second-order valence-corrected chi connectivity index (χ2v) is 6.79. The van der Waals surface area contributed by atoms with Crippen LogP contribution < -0.4 is 4.90 Å². The SMILES string of the molecule is c1nc(N2CC[C@@H]3CCCC[C@@H]3C2)c2sccc2n1. The molecule has 3 heterocycles. The van der Waals surface area contributed by atoms with Gasteiger partial charge in [0.2, 0.25) is 0 Å². The molecule has 0 radical (unpaired) electrons. The predicted molar refractivity (Wildman–Crippen MR) is 79.7 cm³/mol. The minimum Gasteiger partial charge on any atom is -0.355 e. The molecular formula is C15H19N3S. The van der Waals surface area contributed by atoms with Gasteiger partial charge in [0.25, 0.3) is 0 Å². The molecule has 2 fully saturated rings. The average molecular weight is 273 g/mol. The highest BCUT2D eigenvalue weighted by Crippen LogP contribution is 2.38. The van der Waals surface area contributed by atoms with Gasteiger partial charge in [-0.2, -0.15) is 0 Å². The third kappa shape index (κ3) is 2.02. The van der Waals surface area contributed by atoms with Crippen molar-refractivity contribution < 1.29 is 0 Å². The van der Waals surface area contributed by atoms with Crippen LogP contribution in [0.4, 0.5) is 5.82 Å². The summed E-state index contributed by atoms with van der Waals surface area (Å²) in [5.74, 6) is 3.04. The number of rotatable bonds is 1. The van der Waals surface area contributed by atoms with E-state index in [2.05, 4.69) is 26.3 Å². The van der Waals surface area contributed by atoms with Crippen molar-refractivity contribution in [1.82, 2.24) is 9.97 Å². The fourth-order valence-corrected chi connectivity index (χ4v) is 4.66. The van der Waals surface area contributed by atoms with Gasteiger partial charge in [-0.25, -0.2) is 9.97 Å². The summed E-state index contributed by atoms with van der Waals surface area (Å²) in [6.07, 6.45) is 8.81. The first-order chi connectivity index (χ1) is 9.42. The number of thiophene rings is 1. The van der Waals surface area contributed by atoms with Gasteiger partial charge in [-0.15, -0.1) is 11.3 Å². The molecule has 1 aliphatic heterocycles. The zero-order valence-corrected chi connectivity index (χ0v) is 11.9. The summed E-state index contributed by atoms with van der Waals surface area (Å²) >= 11 is 1.77. The maximum atomic E-state index is 4.57. The number of fused-ring (bicyclic) bond motifs is 2. The molecule has 0 unspecified atom stereocenters. The second kappa shape index (κ2) is 4.75. The molecule has 19 heavy (non-hydrogen) atoms. The Kier molecular flexibility index (Phi) is 2.91. The van der Waals surface area contributed by atoms with Crippen molar-refractivity contribution >= 4 is 27.4 Å². The van der Waals surface area contributed by atoms with Crippen molar-refractivity contribution in [2.75, 3.05) is 18.0 Å². The molecule has 3 nitrogen and oxygen atoms in total. The van der Waals surface area contributed by atoms with E-state index in [1.54, 1.807) is 17.7 Å². The summed E-state index contributed by atoms with van der Waals surface area (Å²) in [6, 6.07) is 2.10. The number of piperidine rings is 1. The van der Waals surface area contributed by atoms with Crippen LogP contribution in [0.25, 0.3) is 10.2 Å². The highest BCUT2D eigenvalue weighted by atomic mass is 32.1. The summed E-state index contributed by atoms with van der Waals surface area (Å²) in [6.45, 7) is 2.37. The lowest BCUT2D eigenvalue weighted by molar-refractivity contribution is 0.202. The van der Waals surface area contributed by atoms with Crippen molar-refractivity contribution in [3.63, 3.8) is 0 Å². The van der Waals surface area contributed by atoms with Crippen LogP contribution in [0, 0.1) is 11.8 Å². The molecule has 0 aromatic carbocycles. The van der Waals surface area contributed by atoms with Crippen LogP contribution in [0.5, 0.6) is 0 Å². The highest BCUT2D eigenvalue weighted by molar-refractivity contribution is 7.17. The van der Waals surface area contributed by atoms with E-state index >= 15 is 0 Å². The van der Waals surface area contributed by atoms with E-state index < -0.39 is 0 Å². The summed E-state index contributed by atoms with van der Waals surface area (Å²) in [4.78, 5) is 11.4. The Balaban J connectivity index is 1.64. The normalized spacial score (nSPS) is 27.5. The first kappa shape index (κ1) is 11.6. The first-order valence-corrected chi connectivity index (χ1v) is 8.23. The molecule has 2 aromatic rings. The van der Waals surface area contributed by atoms with Gasteiger partial charge in [0.15, 0.2) is 0 Å². The van der Waals surface area contributed by atoms with Gasteiger partial charge >= 0.3 is 0 Å². The Morgan fingerprint density at radius 3 is 2.95 bits per heavy atom. The average Bonchev–Trinajstić information content (AvgIpc) is 2.95. The van der Waals surface area contributed by atoms with Crippen LogP contribution in [0.3, 0.4) is 0 Å². The van der Waals surface area contributed by atoms with Crippen molar-refractivity contribution in [1.29, 1.82) is 0 Å². The van der Waals surface area contributed by atoms with Crippen molar-refractivity contribution in [3.8, 4) is 0 Å². The Morgan fingerprint density at radius 1 is 1.11 bits per heavy atom. The van der Waals surface area contributed by atoms with E-state index in [1.165, 1.54) is 55.7 Å². The smallest absolute Gasteiger partial charge is 0.150 e. The lowest BCUT2D eigenvalue weighted by Gasteiger charge is -2.41. The van der Waals surface area contributed by atoms with E-state index in [0.29, 0.717) is 0 Å². The van der Waals surface area contributed by atoms with Crippen LogP contribution in [0.2, 0.25) is 0 Å². The van der Waals surface area contributed by atoms with Gasteiger partial charge in [0, 0.05) is 13.1 Å². The van der Waals surface area contributed by atoms with Crippen LogP contribution in [0.1, 0.15) is 32.1 Å². The maximum Gasteiger partial charge on any atom is 0.150 e. The third-order valence-corrected chi connectivity index (χ3v) is 5.71. The summed E-state index contributed by atoms with van der Waals surface area (Å²) < 4.78 is 1.26. The number of aromatic nitrogens is 2. The topological polar surface area (TPSA) is 29.0 Å². The largest absolute Gasteiger partial charge is 0.355 e. The molecule has 2 aliphatic rings. The minimum atomic E-state index is 0.896. The molecule has 0 amide bonds. The Labute approximate surface area is 117 Å². The molecule has 100 valence electrons. The van der Waals surface area contributed by atoms with E-state index in [-0.39, 0.29) is 0 Å². The second-order valence-electron chi connectivity index (χ2n) is 5.87. The summed E-state index contributed by atoms with van der Waals surface area (Å²) in [5.41, 5.74) is 1.10. The predicted octanol–water partition coefficient (Wildman–Crippen LogP) is 3.71. The summed E-state index contributed by atoms with van der Waals surface area (Å²) in [5, 5.41) is 2.12. The standard InChI is InChI=1S/C15H19N3S/c1-2-4-12-9-18(7-5-11(12)3-1)15-14-13(6-8-19-14)16-10-17-15/h6,8,10-12H,1-5,7,9H2/t11-,12+/m0/s1. The fraction of sp³-hybridized carbons (Fsp3) is 0.600. The molecule has 4 heteroatoms. The van der Waals surface area contributed by atoms with Crippen molar-refractivity contribution in [2.45, 2.75) is 32.1 Å². The number of hydrogen-bond acceptors (Lipinski definition) is 4. The van der Waals surface area contributed by atoms with E-state index in [9.17, 15) is 0 Å². The highest BCUT2D eigenvalue weighted by Gasteiger charge is 2.32. The minimum absolute atomic E-state index is 0.896.